The van der Waals surface area contributed by atoms with Crippen LogP contribution in [0.15, 0.2) is 22.7 Å². The van der Waals surface area contributed by atoms with Crippen molar-refractivity contribution in [1.82, 2.24) is 10.1 Å². The van der Waals surface area contributed by atoms with Crippen LogP contribution in [0.1, 0.15) is 17.3 Å². The van der Waals surface area contributed by atoms with Crippen molar-refractivity contribution >= 4 is 34.8 Å². The lowest BCUT2D eigenvalue weighted by Crippen LogP contribution is -2.01. The summed E-state index contributed by atoms with van der Waals surface area (Å²) in [6.45, 7) is 0. The van der Waals surface area contributed by atoms with Crippen LogP contribution in [-0.4, -0.2) is 10.1 Å². The highest BCUT2D eigenvalue weighted by Gasteiger charge is 2.30. The molecule has 0 saturated heterocycles. The van der Waals surface area contributed by atoms with Crippen LogP contribution < -0.4 is 0 Å². The van der Waals surface area contributed by atoms with Gasteiger partial charge in [0, 0.05) is 6.42 Å². The van der Waals surface area contributed by atoms with Gasteiger partial charge in [-0.3, -0.25) is 0 Å². The topological polar surface area (TPSA) is 38.9 Å². The van der Waals surface area contributed by atoms with Crippen molar-refractivity contribution in [1.29, 1.82) is 0 Å². The largest absolute Gasteiger partial charge is 0.335 e. The molecule has 1 aromatic carbocycles. The van der Waals surface area contributed by atoms with Crippen LogP contribution in [0.3, 0.4) is 0 Å². The van der Waals surface area contributed by atoms with Crippen LogP contribution in [0.5, 0.6) is 0 Å². The molecule has 0 N–H and O–H groups in total. The molecule has 96 valence electrons. The van der Waals surface area contributed by atoms with Crippen molar-refractivity contribution in [2.45, 2.75) is 10.2 Å². The first-order chi connectivity index (χ1) is 8.36. The molecule has 0 radical (unpaired) electrons. The van der Waals surface area contributed by atoms with Gasteiger partial charge in [0.25, 0.3) is 9.68 Å². The lowest BCUT2D eigenvalue weighted by Gasteiger charge is -2.01. The number of rotatable bonds is 2. The molecule has 0 unspecified atom stereocenters. The number of hydrogen-bond acceptors (Lipinski definition) is 3. The zero-order valence-corrected chi connectivity index (χ0v) is 10.9. The van der Waals surface area contributed by atoms with Crippen LogP contribution >= 0.6 is 34.8 Å². The van der Waals surface area contributed by atoms with E-state index < -0.39 is 15.4 Å². The average Bonchev–Trinajstić information content (AvgIpc) is 2.72. The SMILES string of the molecule is Fc1ccc(Cc2noc(C(Cl)(Cl)Cl)n2)cc1F. The van der Waals surface area contributed by atoms with Crippen molar-refractivity contribution in [3.63, 3.8) is 0 Å². The van der Waals surface area contributed by atoms with E-state index in [0.717, 1.165) is 12.1 Å². The maximum absolute atomic E-state index is 13.0. The average molecular weight is 314 g/mol. The summed E-state index contributed by atoms with van der Waals surface area (Å²) in [5, 5.41) is 3.57. The van der Waals surface area contributed by atoms with Gasteiger partial charge in [-0.2, -0.15) is 4.98 Å². The first kappa shape index (κ1) is 13.5. The van der Waals surface area contributed by atoms with E-state index >= 15 is 0 Å². The third-order valence-corrected chi connectivity index (χ3v) is 2.54. The van der Waals surface area contributed by atoms with Gasteiger partial charge in [0.15, 0.2) is 17.5 Å². The first-order valence-electron chi connectivity index (χ1n) is 4.70. The molecule has 0 amide bonds. The molecule has 2 aromatic rings. The normalized spacial score (nSPS) is 11.8. The summed E-state index contributed by atoms with van der Waals surface area (Å²) in [7, 11) is 0. The number of alkyl halides is 3. The number of aromatic nitrogens is 2. The summed E-state index contributed by atoms with van der Waals surface area (Å²) < 4.78 is 28.6. The van der Waals surface area contributed by atoms with Crippen LogP contribution in [-0.2, 0) is 10.2 Å². The van der Waals surface area contributed by atoms with Crippen molar-refractivity contribution in [2.75, 3.05) is 0 Å². The fourth-order valence-electron chi connectivity index (χ4n) is 1.27. The Bertz CT molecular complexity index is 568. The van der Waals surface area contributed by atoms with E-state index in [-0.39, 0.29) is 18.1 Å². The Morgan fingerprint density at radius 2 is 1.89 bits per heavy atom. The van der Waals surface area contributed by atoms with Gasteiger partial charge in [-0.1, -0.05) is 46.0 Å². The summed E-state index contributed by atoms with van der Waals surface area (Å²) in [6.07, 6.45) is 0.140. The Labute approximate surface area is 116 Å². The van der Waals surface area contributed by atoms with Crippen LogP contribution in [0.25, 0.3) is 0 Å². The highest BCUT2D eigenvalue weighted by atomic mass is 35.6. The minimum absolute atomic E-state index is 0.140. The molecule has 1 heterocycles. The van der Waals surface area contributed by atoms with Gasteiger partial charge in [-0.05, 0) is 17.7 Å². The number of benzene rings is 1. The van der Waals surface area contributed by atoms with E-state index in [1.807, 2.05) is 0 Å². The van der Waals surface area contributed by atoms with Crippen LogP contribution in [0.2, 0.25) is 0 Å². The van der Waals surface area contributed by atoms with Crippen molar-refractivity contribution in [3.05, 3.63) is 47.1 Å². The van der Waals surface area contributed by atoms with Gasteiger partial charge in [-0.25, -0.2) is 8.78 Å². The molecule has 0 aliphatic heterocycles. The fourth-order valence-corrected chi connectivity index (χ4v) is 1.50. The molecule has 0 aliphatic carbocycles. The third kappa shape index (κ3) is 3.10. The zero-order chi connectivity index (χ0) is 13.3. The molecular formula is C10H5Cl3F2N2O. The van der Waals surface area contributed by atoms with Crippen molar-refractivity contribution < 1.29 is 13.3 Å². The van der Waals surface area contributed by atoms with Gasteiger partial charge in [-0.15, -0.1) is 0 Å². The van der Waals surface area contributed by atoms with Gasteiger partial charge in [0.1, 0.15) is 0 Å². The van der Waals surface area contributed by atoms with E-state index in [4.69, 9.17) is 39.3 Å². The third-order valence-electron chi connectivity index (χ3n) is 2.06. The number of hydrogen-bond donors (Lipinski definition) is 0. The van der Waals surface area contributed by atoms with E-state index in [2.05, 4.69) is 10.1 Å². The predicted molar refractivity (Wildman–Crippen MR) is 62.7 cm³/mol. The molecule has 18 heavy (non-hydrogen) atoms. The molecule has 2 rings (SSSR count). The second-order valence-corrected chi connectivity index (χ2v) is 5.72. The van der Waals surface area contributed by atoms with Crippen molar-refractivity contribution in [3.8, 4) is 0 Å². The van der Waals surface area contributed by atoms with Gasteiger partial charge >= 0.3 is 0 Å². The van der Waals surface area contributed by atoms with E-state index in [1.54, 1.807) is 0 Å². The maximum Gasteiger partial charge on any atom is 0.278 e. The zero-order valence-electron chi connectivity index (χ0n) is 8.63. The Balaban J connectivity index is 2.19. The monoisotopic (exact) mass is 312 g/mol. The second-order valence-electron chi connectivity index (χ2n) is 3.44. The van der Waals surface area contributed by atoms with E-state index in [0.29, 0.717) is 5.56 Å². The molecule has 0 atom stereocenters. The van der Waals surface area contributed by atoms with Crippen LogP contribution in [0, 0.1) is 11.6 Å². The smallest absolute Gasteiger partial charge is 0.278 e. The molecule has 3 nitrogen and oxygen atoms in total. The highest BCUT2D eigenvalue weighted by molar-refractivity contribution is 6.66. The van der Waals surface area contributed by atoms with Crippen molar-refractivity contribution in [2.24, 2.45) is 0 Å². The summed E-state index contributed by atoms with van der Waals surface area (Å²) in [5.74, 6) is -1.83. The summed E-state index contributed by atoms with van der Waals surface area (Å²) in [6, 6.07) is 3.46. The number of nitrogens with zero attached hydrogens (tertiary/aromatic N) is 2. The molecule has 0 spiro atoms. The van der Waals surface area contributed by atoms with Gasteiger partial charge in [0.2, 0.25) is 0 Å². The van der Waals surface area contributed by atoms with Gasteiger partial charge in [0.05, 0.1) is 0 Å². The Morgan fingerprint density at radius 3 is 2.44 bits per heavy atom. The fraction of sp³-hybridized carbons (Fsp3) is 0.200. The lowest BCUT2D eigenvalue weighted by molar-refractivity contribution is 0.377. The minimum atomic E-state index is -1.81. The summed E-state index contributed by atoms with van der Waals surface area (Å²) in [5.41, 5.74) is 0.477. The molecule has 8 heteroatoms. The molecule has 0 aliphatic rings. The molecule has 0 bridgehead atoms. The molecular weight excluding hydrogens is 308 g/mol. The number of halogens is 5. The first-order valence-corrected chi connectivity index (χ1v) is 5.83. The second kappa shape index (κ2) is 4.99. The van der Waals surface area contributed by atoms with Gasteiger partial charge < -0.3 is 4.52 Å². The predicted octanol–water partition coefficient (Wildman–Crippen LogP) is 3.77. The Kier molecular flexibility index (Phi) is 3.75. The summed E-state index contributed by atoms with van der Waals surface area (Å²) >= 11 is 16.6. The standard InChI is InChI=1S/C10H5Cl3F2N2O/c11-10(12,13)9-16-8(17-18-9)4-5-1-2-6(14)7(15)3-5/h1-3H,4H2. The minimum Gasteiger partial charge on any atom is -0.335 e. The lowest BCUT2D eigenvalue weighted by atomic mass is 10.1. The quantitative estimate of drug-likeness (QED) is 0.792. The van der Waals surface area contributed by atoms with E-state index in [1.165, 1.54) is 6.07 Å². The molecule has 1 aromatic heterocycles. The molecule has 0 fully saturated rings. The van der Waals surface area contributed by atoms with E-state index in [9.17, 15) is 8.78 Å². The summed E-state index contributed by atoms with van der Waals surface area (Å²) in [4.78, 5) is 3.84. The Hall–Kier alpha value is -0.910. The van der Waals surface area contributed by atoms with Crippen LogP contribution in [0.4, 0.5) is 8.78 Å². The maximum atomic E-state index is 13.0. The highest BCUT2D eigenvalue weighted by Crippen LogP contribution is 2.36. The Morgan fingerprint density at radius 1 is 1.17 bits per heavy atom. The molecule has 0 saturated carbocycles.